The van der Waals surface area contributed by atoms with E-state index in [1.807, 2.05) is 0 Å². The van der Waals surface area contributed by atoms with Gasteiger partial charge in [-0.2, -0.15) is 0 Å². The molecule has 0 aliphatic heterocycles. The highest BCUT2D eigenvalue weighted by molar-refractivity contribution is 7.51. The lowest BCUT2D eigenvalue weighted by atomic mass is 10.1. The Hall–Kier alpha value is 0.0700. The van der Waals surface area contributed by atoms with Gasteiger partial charge in [0, 0.05) is 0 Å². The average Bonchev–Trinajstić information content (AvgIpc) is 2.24. The van der Waals surface area contributed by atoms with E-state index in [0.29, 0.717) is 6.54 Å². The standard InChI is InChI=1S/C11H27N2O3P/c12-9-7-5-3-1-2-4-6-8-10-13-11-17(14,15)16/h13H,1-12H2,(H2,14,15,16). The van der Waals surface area contributed by atoms with Crippen molar-refractivity contribution >= 4 is 7.60 Å². The number of nitrogens with one attached hydrogen (secondary N) is 1. The molecule has 0 spiro atoms. The Kier molecular flexibility index (Phi) is 11.2. The zero-order valence-electron chi connectivity index (χ0n) is 10.6. The monoisotopic (exact) mass is 266 g/mol. The Morgan fingerprint density at radius 3 is 1.82 bits per heavy atom. The summed E-state index contributed by atoms with van der Waals surface area (Å²) in [6, 6.07) is 0. The van der Waals surface area contributed by atoms with Crippen molar-refractivity contribution in [3.8, 4) is 0 Å². The Balaban J connectivity index is 3.01. The first-order valence-corrected chi connectivity index (χ1v) is 8.31. The third kappa shape index (κ3) is 16.1. The molecule has 0 aromatic carbocycles. The van der Waals surface area contributed by atoms with Crippen molar-refractivity contribution < 1.29 is 14.4 Å². The van der Waals surface area contributed by atoms with E-state index in [1.165, 1.54) is 32.1 Å². The van der Waals surface area contributed by atoms with E-state index >= 15 is 0 Å². The van der Waals surface area contributed by atoms with Crippen LogP contribution in [-0.2, 0) is 4.57 Å². The number of nitrogens with two attached hydrogens (primary N) is 1. The summed E-state index contributed by atoms with van der Waals surface area (Å²) in [7, 11) is -3.86. The maximum absolute atomic E-state index is 10.5. The van der Waals surface area contributed by atoms with Crippen LogP contribution in [0.4, 0.5) is 0 Å². The Morgan fingerprint density at radius 1 is 0.882 bits per heavy atom. The molecule has 0 aliphatic rings. The van der Waals surface area contributed by atoms with Crippen LogP contribution in [-0.4, -0.2) is 29.2 Å². The van der Waals surface area contributed by atoms with Crippen LogP contribution in [0.25, 0.3) is 0 Å². The molecule has 0 radical (unpaired) electrons. The second kappa shape index (κ2) is 11.2. The fraction of sp³-hybridized carbons (Fsp3) is 1.00. The molecule has 0 bridgehead atoms. The minimum Gasteiger partial charge on any atom is -0.330 e. The van der Waals surface area contributed by atoms with Gasteiger partial charge in [-0.15, -0.1) is 0 Å². The van der Waals surface area contributed by atoms with Crippen LogP contribution in [0, 0.1) is 0 Å². The summed E-state index contributed by atoms with van der Waals surface area (Å²) in [6.45, 7) is 1.49. The molecule has 0 amide bonds. The van der Waals surface area contributed by atoms with Crippen LogP contribution in [0.15, 0.2) is 0 Å². The number of hydrogen-bond donors (Lipinski definition) is 4. The topological polar surface area (TPSA) is 95.6 Å². The van der Waals surface area contributed by atoms with Gasteiger partial charge in [0.2, 0.25) is 0 Å². The van der Waals surface area contributed by atoms with Crippen molar-refractivity contribution in [1.82, 2.24) is 5.32 Å². The number of unbranched alkanes of at least 4 members (excludes halogenated alkanes) is 7. The van der Waals surface area contributed by atoms with Gasteiger partial charge in [-0.3, -0.25) is 4.57 Å². The second-order valence-corrected chi connectivity index (χ2v) is 6.09. The summed E-state index contributed by atoms with van der Waals surface area (Å²) in [5, 5.41) is 2.77. The van der Waals surface area contributed by atoms with Crippen LogP contribution in [0.5, 0.6) is 0 Å². The zero-order chi connectivity index (χ0) is 13.0. The second-order valence-electron chi connectivity index (χ2n) is 4.44. The van der Waals surface area contributed by atoms with Crippen LogP contribution in [0.1, 0.15) is 51.4 Å². The maximum atomic E-state index is 10.5. The van der Waals surface area contributed by atoms with Crippen LogP contribution in [0.2, 0.25) is 0 Å². The third-order valence-electron chi connectivity index (χ3n) is 2.63. The fourth-order valence-corrected chi connectivity index (χ4v) is 2.13. The van der Waals surface area contributed by atoms with Gasteiger partial charge in [0.15, 0.2) is 0 Å². The Morgan fingerprint density at radius 2 is 1.35 bits per heavy atom. The van der Waals surface area contributed by atoms with Gasteiger partial charge in [-0.1, -0.05) is 38.5 Å². The summed E-state index contributed by atoms with van der Waals surface area (Å²) in [6.07, 6.45) is 9.29. The van der Waals surface area contributed by atoms with Crippen molar-refractivity contribution in [2.45, 2.75) is 51.4 Å². The van der Waals surface area contributed by atoms with Crippen molar-refractivity contribution in [3.63, 3.8) is 0 Å². The molecule has 0 aliphatic carbocycles. The summed E-state index contributed by atoms with van der Waals surface area (Å²) in [5.74, 6) is 0. The van der Waals surface area contributed by atoms with Crippen LogP contribution in [0.3, 0.4) is 0 Å². The normalized spacial score (nSPS) is 11.9. The molecule has 0 rings (SSSR count). The largest absolute Gasteiger partial charge is 0.339 e. The first-order valence-electron chi connectivity index (χ1n) is 6.51. The van der Waals surface area contributed by atoms with Gasteiger partial charge in [0.25, 0.3) is 0 Å². The third-order valence-corrected chi connectivity index (χ3v) is 3.26. The molecule has 0 saturated heterocycles. The Bertz CT molecular complexity index is 209. The molecule has 6 heteroatoms. The quantitative estimate of drug-likeness (QED) is 0.319. The Labute approximate surface area is 104 Å². The molecule has 5 nitrogen and oxygen atoms in total. The smallest absolute Gasteiger partial charge is 0.330 e. The molecule has 0 fully saturated rings. The maximum Gasteiger partial charge on any atom is 0.339 e. The molecule has 5 N–H and O–H groups in total. The summed E-state index contributed by atoms with van der Waals surface area (Å²) < 4.78 is 10.5. The van der Waals surface area contributed by atoms with E-state index < -0.39 is 7.60 Å². The molecule has 0 atom stereocenters. The highest BCUT2D eigenvalue weighted by atomic mass is 31.2. The zero-order valence-corrected chi connectivity index (χ0v) is 11.5. The molecule has 104 valence electrons. The lowest BCUT2D eigenvalue weighted by Crippen LogP contribution is -2.16. The van der Waals surface area contributed by atoms with E-state index in [4.69, 9.17) is 15.5 Å². The summed E-state index contributed by atoms with van der Waals surface area (Å²) >= 11 is 0. The van der Waals surface area contributed by atoms with E-state index in [-0.39, 0.29) is 6.29 Å². The lowest BCUT2D eigenvalue weighted by Gasteiger charge is -2.06. The number of rotatable bonds is 12. The lowest BCUT2D eigenvalue weighted by molar-refractivity contribution is 0.367. The fourth-order valence-electron chi connectivity index (χ4n) is 1.68. The molecule has 0 saturated carbocycles. The number of hydrogen-bond acceptors (Lipinski definition) is 3. The van der Waals surface area contributed by atoms with E-state index in [0.717, 1.165) is 25.8 Å². The van der Waals surface area contributed by atoms with Gasteiger partial charge >= 0.3 is 7.60 Å². The van der Waals surface area contributed by atoms with E-state index in [2.05, 4.69) is 5.32 Å². The van der Waals surface area contributed by atoms with E-state index in [1.54, 1.807) is 0 Å². The van der Waals surface area contributed by atoms with Crippen molar-refractivity contribution in [2.24, 2.45) is 5.73 Å². The predicted molar refractivity (Wildman–Crippen MR) is 70.9 cm³/mol. The molecule has 17 heavy (non-hydrogen) atoms. The minimum atomic E-state index is -3.86. The summed E-state index contributed by atoms with van der Waals surface area (Å²) in [5.41, 5.74) is 5.41. The van der Waals surface area contributed by atoms with Crippen LogP contribution >= 0.6 is 7.60 Å². The molecular weight excluding hydrogens is 239 g/mol. The van der Waals surface area contributed by atoms with Gasteiger partial charge in [0.1, 0.15) is 0 Å². The highest BCUT2D eigenvalue weighted by Crippen LogP contribution is 2.31. The van der Waals surface area contributed by atoms with Gasteiger partial charge in [-0.05, 0) is 25.9 Å². The van der Waals surface area contributed by atoms with Crippen molar-refractivity contribution in [1.29, 1.82) is 0 Å². The van der Waals surface area contributed by atoms with Gasteiger partial charge in [-0.25, -0.2) is 0 Å². The van der Waals surface area contributed by atoms with Crippen LogP contribution < -0.4 is 11.1 Å². The van der Waals surface area contributed by atoms with Crippen molar-refractivity contribution in [2.75, 3.05) is 19.4 Å². The van der Waals surface area contributed by atoms with Gasteiger partial charge in [0.05, 0.1) is 6.29 Å². The predicted octanol–water partition coefficient (Wildman–Crippen LogP) is 1.79. The SMILES string of the molecule is NCCCCCCCCCCNCP(=O)(O)O. The molecule has 0 aromatic rings. The minimum absolute atomic E-state index is 0.202. The molecule has 0 unspecified atom stereocenters. The van der Waals surface area contributed by atoms with Crippen molar-refractivity contribution in [3.05, 3.63) is 0 Å². The molecule has 0 aromatic heterocycles. The van der Waals surface area contributed by atoms with E-state index in [9.17, 15) is 4.57 Å². The van der Waals surface area contributed by atoms with Gasteiger partial charge < -0.3 is 20.8 Å². The highest BCUT2D eigenvalue weighted by Gasteiger charge is 2.10. The summed E-state index contributed by atoms with van der Waals surface area (Å²) in [4.78, 5) is 17.2. The first kappa shape index (κ1) is 17.1. The molecule has 0 heterocycles. The average molecular weight is 266 g/mol. The first-order chi connectivity index (χ1) is 8.06. The molecular formula is C11H27N2O3P.